The van der Waals surface area contributed by atoms with Crippen LogP contribution < -0.4 is 0 Å². The fourth-order valence-electron chi connectivity index (χ4n) is 1.52. The van der Waals surface area contributed by atoms with Crippen LogP contribution in [0.3, 0.4) is 0 Å². The molecule has 2 heteroatoms. The minimum atomic E-state index is -0.773. The summed E-state index contributed by atoms with van der Waals surface area (Å²) in [4.78, 5) is 0. The number of aryl methyl sites for hydroxylation is 1. The number of hydrogen-bond acceptors (Lipinski definition) is 2. The second-order valence-electron chi connectivity index (χ2n) is 4.30. The van der Waals surface area contributed by atoms with E-state index in [4.69, 9.17) is 4.74 Å². The third kappa shape index (κ3) is 4.45. The first-order valence-electron chi connectivity index (χ1n) is 5.39. The summed E-state index contributed by atoms with van der Waals surface area (Å²) in [6.45, 7) is 6.83. The molecular weight excluding hydrogens is 188 g/mol. The van der Waals surface area contributed by atoms with Crippen molar-refractivity contribution in [1.82, 2.24) is 0 Å². The zero-order valence-corrected chi connectivity index (χ0v) is 9.79. The average Bonchev–Trinajstić information content (AvgIpc) is 2.18. The van der Waals surface area contributed by atoms with Crippen molar-refractivity contribution in [1.29, 1.82) is 0 Å². The summed E-state index contributed by atoms with van der Waals surface area (Å²) < 4.78 is 5.24. The highest BCUT2D eigenvalue weighted by molar-refractivity contribution is 5.22. The van der Waals surface area contributed by atoms with Crippen LogP contribution in [0.4, 0.5) is 0 Å². The van der Waals surface area contributed by atoms with Gasteiger partial charge < -0.3 is 9.84 Å². The number of benzene rings is 1. The van der Waals surface area contributed by atoms with Crippen LogP contribution >= 0.6 is 0 Å². The molecule has 1 unspecified atom stereocenters. The minimum Gasteiger partial charge on any atom is -0.387 e. The summed E-state index contributed by atoms with van der Waals surface area (Å²) >= 11 is 0. The molecule has 0 saturated heterocycles. The summed E-state index contributed by atoms with van der Waals surface area (Å²) in [7, 11) is 0. The molecule has 1 aromatic carbocycles. The Kier molecular flexibility index (Phi) is 4.30. The van der Waals surface area contributed by atoms with Crippen LogP contribution in [-0.2, 0) is 11.2 Å². The van der Waals surface area contributed by atoms with E-state index >= 15 is 0 Å². The predicted molar refractivity (Wildman–Crippen MR) is 62.0 cm³/mol. The molecule has 15 heavy (non-hydrogen) atoms. The zero-order chi connectivity index (χ0) is 11.3. The van der Waals surface area contributed by atoms with E-state index in [0.717, 1.165) is 5.56 Å². The van der Waals surface area contributed by atoms with E-state index in [1.807, 2.05) is 13.8 Å². The van der Waals surface area contributed by atoms with Crippen molar-refractivity contribution in [3.8, 4) is 0 Å². The van der Waals surface area contributed by atoms with Gasteiger partial charge in [-0.1, -0.05) is 29.8 Å². The van der Waals surface area contributed by atoms with Gasteiger partial charge in [0.15, 0.2) is 0 Å². The van der Waals surface area contributed by atoms with Crippen molar-refractivity contribution in [2.45, 2.75) is 32.8 Å². The normalized spacial score (nSPS) is 14.9. The first kappa shape index (κ1) is 12.2. The van der Waals surface area contributed by atoms with E-state index in [1.54, 1.807) is 0 Å². The molecule has 1 aromatic rings. The SMILES string of the molecule is CCOCC(C)(O)Cc1ccc(C)cc1. The smallest absolute Gasteiger partial charge is 0.0892 e. The topological polar surface area (TPSA) is 29.5 Å². The summed E-state index contributed by atoms with van der Waals surface area (Å²) in [5, 5.41) is 10.0. The van der Waals surface area contributed by atoms with Crippen molar-refractivity contribution in [3.63, 3.8) is 0 Å². The maximum absolute atomic E-state index is 10.0. The molecule has 0 bridgehead atoms. The average molecular weight is 208 g/mol. The Morgan fingerprint density at radius 2 is 1.87 bits per heavy atom. The molecule has 0 aromatic heterocycles. The van der Waals surface area contributed by atoms with Crippen LogP contribution in [0.15, 0.2) is 24.3 Å². The van der Waals surface area contributed by atoms with Gasteiger partial charge in [0.25, 0.3) is 0 Å². The third-order valence-corrected chi connectivity index (χ3v) is 2.32. The molecule has 0 heterocycles. The van der Waals surface area contributed by atoms with Crippen molar-refractivity contribution >= 4 is 0 Å². The van der Waals surface area contributed by atoms with E-state index < -0.39 is 5.60 Å². The van der Waals surface area contributed by atoms with Crippen molar-refractivity contribution in [2.75, 3.05) is 13.2 Å². The highest BCUT2D eigenvalue weighted by Crippen LogP contribution is 2.14. The molecule has 0 saturated carbocycles. The Hall–Kier alpha value is -0.860. The van der Waals surface area contributed by atoms with Gasteiger partial charge in [-0.15, -0.1) is 0 Å². The van der Waals surface area contributed by atoms with E-state index in [0.29, 0.717) is 19.6 Å². The first-order chi connectivity index (χ1) is 7.03. The summed E-state index contributed by atoms with van der Waals surface area (Å²) in [6, 6.07) is 8.23. The van der Waals surface area contributed by atoms with E-state index in [-0.39, 0.29) is 0 Å². The molecule has 0 aliphatic carbocycles. The van der Waals surface area contributed by atoms with Crippen LogP contribution in [0.1, 0.15) is 25.0 Å². The van der Waals surface area contributed by atoms with Crippen LogP contribution in [0.25, 0.3) is 0 Å². The standard InChI is InChI=1S/C13H20O2/c1-4-15-10-13(3,14)9-12-7-5-11(2)6-8-12/h5-8,14H,4,9-10H2,1-3H3. The highest BCUT2D eigenvalue weighted by atomic mass is 16.5. The second-order valence-corrected chi connectivity index (χ2v) is 4.30. The van der Waals surface area contributed by atoms with Gasteiger partial charge >= 0.3 is 0 Å². The van der Waals surface area contributed by atoms with Crippen LogP contribution in [0.2, 0.25) is 0 Å². The molecule has 0 aliphatic rings. The minimum absolute atomic E-state index is 0.386. The summed E-state index contributed by atoms with van der Waals surface area (Å²) in [5.74, 6) is 0. The van der Waals surface area contributed by atoms with Gasteiger partial charge in [-0.3, -0.25) is 0 Å². The maximum atomic E-state index is 10.0. The van der Waals surface area contributed by atoms with Gasteiger partial charge in [0.05, 0.1) is 12.2 Å². The summed E-state index contributed by atoms with van der Waals surface area (Å²) in [5.41, 5.74) is 1.61. The number of rotatable bonds is 5. The molecule has 1 atom stereocenters. The monoisotopic (exact) mass is 208 g/mol. The Morgan fingerprint density at radius 3 is 2.40 bits per heavy atom. The van der Waals surface area contributed by atoms with Gasteiger partial charge in [-0.2, -0.15) is 0 Å². The molecule has 0 fully saturated rings. The summed E-state index contributed by atoms with van der Waals surface area (Å²) in [6.07, 6.45) is 0.632. The van der Waals surface area contributed by atoms with Gasteiger partial charge in [0.2, 0.25) is 0 Å². The molecule has 0 radical (unpaired) electrons. The molecular formula is C13H20O2. The van der Waals surface area contributed by atoms with E-state index in [9.17, 15) is 5.11 Å². The number of hydrogen-bond donors (Lipinski definition) is 1. The lowest BCUT2D eigenvalue weighted by atomic mass is 9.97. The Labute approximate surface area is 91.9 Å². The van der Waals surface area contributed by atoms with Crippen molar-refractivity contribution < 1.29 is 9.84 Å². The zero-order valence-electron chi connectivity index (χ0n) is 9.79. The van der Waals surface area contributed by atoms with Gasteiger partial charge in [0.1, 0.15) is 0 Å². The predicted octanol–water partition coefficient (Wildman–Crippen LogP) is 2.33. The molecule has 84 valence electrons. The first-order valence-corrected chi connectivity index (χ1v) is 5.39. The molecule has 1 N–H and O–H groups in total. The molecule has 2 nitrogen and oxygen atoms in total. The van der Waals surface area contributed by atoms with Gasteiger partial charge in [-0.05, 0) is 26.3 Å². The molecule has 0 aliphatic heterocycles. The van der Waals surface area contributed by atoms with Gasteiger partial charge in [-0.25, -0.2) is 0 Å². The Balaban J connectivity index is 2.56. The lowest BCUT2D eigenvalue weighted by Crippen LogP contribution is -2.33. The van der Waals surface area contributed by atoms with E-state index in [1.165, 1.54) is 5.56 Å². The maximum Gasteiger partial charge on any atom is 0.0892 e. The lowest BCUT2D eigenvalue weighted by Gasteiger charge is -2.22. The molecule has 0 spiro atoms. The van der Waals surface area contributed by atoms with E-state index in [2.05, 4.69) is 31.2 Å². The van der Waals surface area contributed by atoms with Crippen LogP contribution in [0, 0.1) is 6.92 Å². The fraction of sp³-hybridized carbons (Fsp3) is 0.538. The Bertz CT molecular complexity index is 288. The molecule has 1 rings (SSSR count). The van der Waals surface area contributed by atoms with Crippen molar-refractivity contribution in [2.24, 2.45) is 0 Å². The van der Waals surface area contributed by atoms with Crippen molar-refractivity contribution in [3.05, 3.63) is 35.4 Å². The van der Waals surface area contributed by atoms with Crippen LogP contribution in [0.5, 0.6) is 0 Å². The lowest BCUT2D eigenvalue weighted by molar-refractivity contribution is -0.0296. The van der Waals surface area contributed by atoms with Gasteiger partial charge in [0, 0.05) is 13.0 Å². The largest absolute Gasteiger partial charge is 0.387 e. The highest BCUT2D eigenvalue weighted by Gasteiger charge is 2.20. The Morgan fingerprint density at radius 1 is 1.27 bits per heavy atom. The number of aliphatic hydroxyl groups is 1. The molecule has 0 amide bonds. The third-order valence-electron chi connectivity index (χ3n) is 2.32. The number of ether oxygens (including phenoxy) is 1. The van der Waals surface area contributed by atoms with Crippen LogP contribution in [-0.4, -0.2) is 23.9 Å². The fourth-order valence-corrected chi connectivity index (χ4v) is 1.52. The quantitative estimate of drug-likeness (QED) is 0.804. The second kappa shape index (κ2) is 5.29.